The molecule has 4 rings (SSSR count). The lowest BCUT2D eigenvalue weighted by Gasteiger charge is -2.22. The molecule has 8 heteroatoms. The van der Waals surface area contributed by atoms with Crippen LogP contribution in [-0.4, -0.2) is 18.5 Å². The van der Waals surface area contributed by atoms with E-state index in [1.165, 1.54) is 0 Å². The number of nitrogens with zero attached hydrogens (tertiary/aromatic N) is 1. The second-order valence-electron chi connectivity index (χ2n) is 8.93. The Morgan fingerprint density at radius 3 is 2.54 bits per heavy atom. The average Bonchev–Trinajstić information content (AvgIpc) is 2.99. The first-order valence-corrected chi connectivity index (χ1v) is 11.6. The number of urea groups is 1. The standard InChI is InChI=1S/C27H30N6O2/c1-16-8-10-20(11-9-16)30-27(34)31-24-15-19(14-23-18(3)17(2)12-13-35-25(23)24)21-6-4-5-7-22(21)26(28)32-33-29/h4-11,14-15,17-18H,12-13H2,1-3H3,(H3,28,29,32)(H2,30,31,34). The van der Waals surface area contributed by atoms with Crippen molar-refractivity contribution >= 4 is 23.2 Å². The fraction of sp³-hybridized carbons (Fsp3) is 0.259. The van der Waals surface area contributed by atoms with Crippen molar-refractivity contribution in [3.8, 4) is 16.9 Å². The molecule has 1 heterocycles. The highest BCUT2D eigenvalue weighted by atomic mass is 16.5. The number of anilines is 2. The molecular formula is C27H30N6O2. The largest absolute Gasteiger partial charge is 0.491 e. The molecule has 2 unspecified atom stereocenters. The number of rotatable bonds is 5. The summed E-state index contributed by atoms with van der Waals surface area (Å²) in [7, 11) is 0. The van der Waals surface area contributed by atoms with Gasteiger partial charge in [0, 0.05) is 11.3 Å². The number of benzene rings is 3. The lowest BCUT2D eigenvalue weighted by molar-refractivity contribution is 0.261. The summed E-state index contributed by atoms with van der Waals surface area (Å²) in [5, 5.41) is 17.3. The summed E-state index contributed by atoms with van der Waals surface area (Å²) in [5.41, 5.74) is 15.1. The van der Waals surface area contributed by atoms with Crippen LogP contribution in [0.2, 0.25) is 0 Å². The zero-order valence-electron chi connectivity index (χ0n) is 20.1. The van der Waals surface area contributed by atoms with Gasteiger partial charge in [0.2, 0.25) is 0 Å². The summed E-state index contributed by atoms with van der Waals surface area (Å²) < 4.78 is 6.16. The fourth-order valence-corrected chi connectivity index (χ4v) is 4.29. The van der Waals surface area contributed by atoms with Crippen molar-refractivity contribution in [2.75, 3.05) is 17.2 Å². The minimum atomic E-state index is -0.363. The molecule has 1 aliphatic rings. The van der Waals surface area contributed by atoms with Crippen molar-refractivity contribution < 1.29 is 9.53 Å². The number of carbonyl (C=O) groups excluding carboxylic acids is 1. The van der Waals surface area contributed by atoms with Gasteiger partial charge in [0.05, 0.1) is 12.3 Å². The molecule has 0 saturated heterocycles. The van der Waals surface area contributed by atoms with E-state index in [9.17, 15) is 4.79 Å². The minimum Gasteiger partial charge on any atom is -0.491 e. The number of nitrogens with one attached hydrogen (secondary N) is 5. The Kier molecular flexibility index (Phi) is 7.10. The number of hydrogen-bond donors (Lipinski definition) is 5. The van der Waals surface area contributed by atoms with Crippen LogP contribution < -0.4 is 20.8 Å². The highest BCUT2D eigenvalue weighted by Crippen LogP contribution is 2.44. The highest BCUT2D eigenvalue weighted by Gasteiger charge is 2.26. The van der Waals surface area contributed by atoms with E-state index in [0.717, 1.165) is 28.7 Å². The molecular weight excluding hydrogens is 440 g/mol. The number of hydrogen-bond acceptors (Lipinski definition) is 5. The van der Waals surface area contributed by atoms with Crippen LogP contribution in [0, 0.1) is 23.8 Å². The van der Waals surface area contributed by atoms with Crippen LogP contribution in [0.5, 0.6) is 5.75 Å². The SMILES string of the molecule is Cc1ccc(NC(=O)Nc2cc(-c3ccccc3C(=N)NN=N)cc3c2OCCC(C)C3C)cc1. The van der Waals surface area contributed by atoms with Crippen molar-refractivity contribution in [3.63, 3.8) is 0 Å². The molecule has 0 radical (unpaired) electrons. The summed E-state index contributed by atoms with van der Waals surface area (Å²) in [6.07, 6.45) is 0.913. The van der Waals surface area contributed by atoms with Gasteiger partial charge >= 0.3 is 6.03 Å². The Morgan fingerprint density at radius 1 is 1.06 bits per heavy atom. The molecule has 0 fully saturated rings. The second-order valence-corrected chi connectivity index (χ2v) is 8.93. The van der Waals surface area contributed by atoms with Gasteiger partial charge in [-0.1, -0.05) is 61.0 Å². The van der Waals surface area contributed by atoms with E-state index >= 15 is 0 Å². The van der Waals surface area contributed by atoms with Gasteiger partial charge in [-0.15, -0.1) is 0 Å². The van der Waals surface area contributed by atoms with E-state index in [-0.39, 0.29) is 17.8 Å². The van der Waals surface area contributed by atoms with Crippen LogP contribution in [0.4, 0.5) is 16.2 Å². The monoisotopic (exact) mass is 470 g/mol. The maximum absolute atomic E-state index is 12.9. The van der Waals surface area contributed by atoms with E-state index in [1.807, 2.05) is 55.5 Å². The summed E-state index contributed by atoms with van der Waals surface area (Å²) in [4.78, 5) is 12.9. The summed E-state index contributed by atoms with van der Waals surface area (Å²) in [6, 6.07) is 18.7. The number of amidine groups is 1. The number of ether oxygens (including phenoxy) is 1. The average molecular weight is 471 g/mol. The van der Waals surface area contributed by atoms with Crippen LogP contribution >= 0.6 is 0 Å². The van der Waals surface area contributed by atoms with Crippen molar-refractivity contribution in [2.45, 2.75) is 33.1 Å². The van der Waals surface area contributed by atoms with E-state index in [2.05, 4.69) is 41.2 Å². The van der Waals surface area contributed by atoms with Gasteiger partial charge in [-0.2, -0.15) is 5.53 Å². The number of carbonyl (C=O) groups is 1. The van der Waals surface area contributed by atoms with Crippen LogP contribution in [0.25, 0.3) is 11.1 Å². The zero-order valence-corrected chi connectivity index (χ0v) is 20.1. The predicted molar refractivity (Wildman–Crippen MR) is 139 cm³/mol. The van der Waals surface area contributed by atoms with Gasteiger partial charge in [0.25, 0.3) is 0 Å². The Labute approximate surface area is 205 Å². The van der Waals surface area contributed by atoms with Gasteiger partial charge in [0.1, 0.15) is 11.6 Å². The Morgan fingerprint density at radius 2 is 1.80 bits per heavy atom. The van der Waals surface area contributed by atoms with Crippen LogP contribution in [0.15, 0.2) is 65.9 Å². The van der Waals surface area contributed by atoms with Gasteiger partial charge in [-0.05, 0) is 66.1 Å². The van der Waals surface area contributed by atoms with Crippen LogP contribution in [0.1, 0.15) is 42.9 Å². The third kappa shape index (κ3) is 5.32. The first kappa shape index (κ1) is 23.9. The molecule has 0 bridgehead atoms. The maximum atomic E-state index is 12.9. The van der Waals surface area contributed by atoms with E-state index < -0.39 is 0 Å². The van der Waals surface area contributed by atoms with Gasteiger partial charge in [-0.3, -0.25) is 5.41 Å². The lowest BCUT2D eigenvalue weighted by Crippen LogP contribution is -2.20. The summed E-state index contributed by atoms with van der Waals surface area (Å²) >= 11 is 0. The van der Waals surface area contributed by atoms with E-state index in [0.29, 0.717) is 35.2 Å². The van der Waals surface area contributed by atoms with Crippen molar-refractivity contribution in [2.24, 2.45) is 11.1 Å². The first-order valence-electron chi connectivity index (χ1n) is 11.6. The molecule has 2 atom stereocenters. The molecule has 35 heavy (non-hydrogen) atoms. The third-order valence-electron chi connectivity index (χ3n) is 6.51. The Hall–Kier alpha value is -4.20. The normalized spacial score (nSPS) is 16.8. The predicted octanol–water partition coefficient (Wildman–Crippen LogP) is 6.69. The number of fused-ring (bicyclic) bond motifs is 1. The molecule has 3 aromatic carbocycles. The van der Waals surface area contributed by atoms with E-state index in [1.54, 1.807) is 6.07 Å². The molecule has 2 amide bonds. The van der Waals surface area contributed by atoms with Crippen molar-refractivity contribution in [1.82, 2.24) is 5.43 Å². The highest BCUT2D eigenvalue weighted by molar-refractivity contribution is 6.04. The lowest BCUT2D eigenvalue weighted by atomic mass is 9.85. The van der Waals surface area contributed by atoms with Gasteiger partial charge in [-0.25, -0.2) is 10.2 Å². The first-order chi connectivity index (χ1) is 16.9. The van der Waals surface area contributed by atoms with Gasteiger partial charge < -0.3 is 15.4 Å². The molecule has 0 saturated carbocycles. The van der Waals surface area contributed by atoms with Crippen LogP contribution in [-0.2, 0) is 0 Å². The summed E-state index contributed by atoms with van der Waals surface area (Å²) in [5.74, 6) is 1.31. The van der Waals surface area contributed by atoms with E-state index in [4.69, 9.17) is 15.7 Å². The zero-order chi connectivity index (χ0) is 24.9. The maximum Gasteiger partial charge on any atom is 0.323 e. The molecule has 1 aliphatic heterocycles. The molecule has 8 nitrogen and oxygen atoms in total. The minimum absolute atomic E-state index is 0.0230. The second kappa shape index (κ2) is 10.4. The molecule has 3 aromatic rings. The molecule has 0 aliphatic carbocycles. The fourth-order valence-electron chi connectivity index (χ4n) is 4.29. The third-order valence-corrected chi connectivity index (χ3v) is 6.51. The van der Waals surface area contributed by atoms with Gasteiger partial charge in [0.15, 0.2) is 0 Å². The Bertz CT molecular complexity index is 1260. The Balaban J connectivity index is 1.77. The van der Waals surface area contributed by atoms with Crippen molar-refractivity contribution in [3.05, 3.63) is 77.4 Å². The molecule has 0 spiro atoms. The topological polar surface area (TPSA) is 122 Å². The van der Waals surface area contributed by atoms with Crippen LogP contribution in [0.3, 0.4) is 0 Å². The number of amides is 2. The molecule has 5 N–H and O–H groups in total. The summed E-state index contributed by atoms with van der Waals surface area (Å²) in [6.45, 7) is 6.94. The smallest absolute Gasteiger partial charge is 0.323 e. The quantitative estimate of drug-likeness (QED) is 0.124. The number of aryl methyl sites for hydroxylation is 1. The van der Waals surface area contributed by atoms with Crippen molar-refractivity contribution in [1.29, 1.82) is 10.9 Å². The molecule has 180 valence electrons. The molecule has 0 aromatic heterocycles.